The van der Waals surface area contributed by atoms with Gasteiger partial charge in [-0.05, 0) is 18.6 Å². The quantitative estimate of drug-likeness (QED) is 0.935. The van der Waals surface area contributed by atoms with E-state index in [-0.39, 0.29) is 11.8 Å². The molecule has 106 valence electrons. The van der Waals surface area contributed by atoms with Crippen LogP contribution in [0.15, 0.2) is 24.4 Å². The molecular formula is C15H18N2O2S. The fourth-order valence-corrected chi connectivity index (χ4v) is 3.17. The fourth-order valence-electron chi connectivity index (χ4n) is 1.93. The van der Waals surface area contributed by atoms with E-state index in [4.69, 9.17) is 10.1 Å². The van der Waals surface area contributed by atoms with Crippen molar-refractivity contribution < 1.29 is 9.90 Å². The molecule has 0 saturated heterocycles. The number of carboxylic acid groups (broad SMARTS) is 1. The van der Waals surface area contributed by atoms with Crippen molar-refractivity contribution in [3.05, 3.63) is 35.0 Å². The van der Waals surface area contributed by atoms with Crippen molar-refractivity contribution in [1.82, 2.24) is 9.97 Å². The summed E-state index contributed by atoms with van der Waals surface area (Å²) in [6.45, 7) is 6.28. The summed E-state index contributed by atoms with van der Waals surface area (Å²) in [5, 5.41) is 9.72. The third-order valence-electron chi connectivity index (χ3n) is 2.86. The molecule has 0 unspecified atom stereocenters. The molecule has 1 N–H and O–H groups in total. The zero-order chi connectivity index (χ0) is 14.8. The van der Waals surface area contributed by atoms with Crippen LogP contribution in [0.5, 0.6) is 0 Å². The van der Waals surface area contributed by atoms with Gasteiger partial charge in [-0.3, -0.25) is 9.78 Å². The molecule has 0 bridgehead atoms. The van der Waals surface area contributed by atoms with Crippen molar-refractivity contribution in [2.75, 3.05) is 0 Å². The van der Waals surface area contributed by atoms with Gasteiger partial charge in [0.1, 0.15) is 5.01 Å². The highest BCUT2D eigenvalue weighted by atomic mass is 32.1. The normalized spacial score (nSPS) is 11.6. The third kappa shape index (κ3) is 3.42. The van der Waals surface area contributed by atoms with Crippen LogP contribution in [0, 0.1) is 0 Å². The molecule has 0 spiro atoms. The Morgan fingerprint density at radius 1 is 1.35 bits per heavy atom. The summed E-state index contributed by atoms with van der Waals surface area (Å²) < 4.78 is 0. The number of nitrogens with zero attached hydrogens (tertiary/aromatic N) is 2. The molecule has 2 aromatic heterocycles. The molecule has 0 amide bonds. The van der Waals surface area contributed by atoms with Gasteiger partial charge in [-0.1, -0.05) is 26.8 Å². The SMILES string of the molecule is CC(C)(C)c1nc(-c2ccccn2)sc1CCC(=O)O. The third-order valence-corrected chi connectivity index (χ3v) is 4.00. The summed E-state index contributed by atoms with van der Waals surface area (Å²) in [4.78, 5) is 20.8. The first-order valence-electron chi connectivity index (χ1n) is 6.51. The number of hydrogen-bond acceptors (Lipinski definition) is 4. The number of aryl methyl sites for hydroxylation is 1. The highest BCUT2D eigenvalue weighted by Crippen LogP contribution is 2.34. The maximum Gasteiger partial charge on any atom is 0.303 e. The largest absolute Gasteiger partial charge is 0.481 e. The molecule has 4 nitrogen and oxygen atoms in total. The Labute approximate surface area is 122 Å². The Bertz CT molecular complexity index is 600. The predicted molar refractivity (Wildman–Crippen MR) is 80.0 cm³/mol. The number of rotatable bonds is 4. The van der Waals surface area contributed by atoms with Gasteiger partial charge < -0.3 is 5.11 Å². The first-order chi connectivity index (χ1) is 9.38. The van der Waals surface area contributed by atoms with Gasteiger partial charge in [0.15, 0.2) is 0 Å². The standard InChI is InChI=1S/C15H18N2O2S/c1-15(2,3)13-11(7-8-12(18)19)20-14(17-13)10-6-4-5-9-16-10/h4-6,9H,7-8H2,1-3H3,(H,18,19). The molecule has 0 fully saturated rings. The first kappa shape index (κ1) is 14.7. The van der Waals surface area contributed by atoms with Gasteiger partial charge in [0.25, 0.3) is 0 Å². The number of pyridine rings is 1. The second-order valence-corrected chi connectivity index (χ2v) is 6.73. The summed E-state index contributed by atoms with van der Waals surface area (Å²) in [6.07, 6.45) is 2.39. The minimum absolute atomic E-state index is 0.0998. The van der Waals surface area contributed by atoms with Crippen LogP contribution in [0.4, 0.5) is 0 Å². The zero-order valence-electron chi connectivity index (χ0n) is 11.9. The summed E-state index contributed by atoms with van der Waals surface area (Å²) in [5.41, 5.74) is 1.71. The molecular weight excluding hydrogens is 272 g/mol. The topological polar surface area (TPSA) is 63.1 Å². The second kappa shape index (κ2) is 5.71. The maximum atomic E-state index is 10.8. The number of carbonyl (C=O) groups is 1. The van der Waals surface area contributed by atoms with E-state index in [9.17, 15) is 4.79 Å². The highest BCUT2D eigenvalue weighted by molar-refractivity contribution is 7.15. The van der Waals surface area contributed by atoms with Gasteiger partial charge in [-0.15, -0.1) is 11.3 Å². The molecule has 2 rings (SSSR count). The maximum absolute atomic E-state index is 10.8. The van der Waals surface area contributed by atoms with Crippen LogP contribution in [-0.4, -0.2) is 21.0 Å². The summed E-state index contributed by atoms with van der Waals surface area (Å²) in [6, 6.07) is 5.72. The van der Waals surface area contributed by atoms with Gasteiger partial charge in [0.2, 0.25) is 0 Å². The van der Waals surface area contributed by atoms with Crippen LogP contribution in [0.2, 0.25) is 0 Å². The molecule has 0 aromatic carbocycles. The van der Waals surface area contributed by atoms with Crippen LogP contribution in [0.3, 0.4) is 0 Å². The molecule has 0 aliphatic heterocycles. The number of aromatic nitrogens is 2. The minimum Gasteiger partial charge on any atom is -0.481 e. The predicted octanol–water partition coefficient (Wildman–Crippen LogP) is 3.52. The van der Waals surface area contributed by atoms with Crippen LogP contribution < -0.4 is 0 Å². The molecule has 0 saturated carbocycles. The lowest BCUT2D eigenvalue weighted by molar-refractivity contribution is -0.136. The number of thiazole rings is 1. The van der Waals surface area contributed by atoms with Gasteiger partial charge in [0.05, 0.1) is 17.8 Å². The van der Waals surface area contributed by atoms with Gasteiger partial charge in [-0.2, -0.15) is 0 Å². The van der Waals surface area contributed by atoms with Crippen LogP contribution >= 0.6 is 11.3 Å². The number of hydrogen-bond donors (Lipinski definition) is 1. The average molecular weight is 290 g/mol. The van der Waals surface area contributed by atoms with E-state index >= 15 is 0 Å². The summed E-state index contributed by atoms with van der Waals surface area (Å²) in [7, 11) is 0. The van der Waals surface area contributed by atoms with E-state index in [1.807, 2.05) is 18.2 Å². The van der Waals surface area contributed by atoms with Gasteiger partial charge >= 0.3 is 5.97 Å². The van der Waals surface area contributed by atoms with E-state index in [0.717, 1.165) is 21.3 Å². The van der Waals surface area contributed by atoms with Crippen molar-refractivity contribution >= 4 is 17.3 Å². The van der Waals surface area contributed by atoms with Crippen molar-refractivity contribution in [2.24, 2.45) is 0 Å². The number of carboxylic acids is 1. The summed E-state index contributed by atoms with van der Waals surface area (Å²) >= 11 is 1.54. The van der Waals surface area contributed by atoms with Crippen LogP contribution in [-0.2, 0) is 16.6 Å². The first-order valence-corrected chi connectivity index (χ1v) is 7.33. The summed E-state index contributed by atoms with van der Waals surface area (Å²) in [5.74, 6) is -0.780. The lowest BCUT2D eigenvalue weighted by Crippen LogP contribution is -2.14. The van der Waals surface area contributed by atoms with Gasteiger partial charge in [0, 0.05) is 16.5 Å². The van der Waals surface area contributed by atoms with Gasteiger partial charge in [-0.25, -0.2) is 4.98 Å². The molecule has 20 heavy (non-hydrogen) atoms. The molecule has 0 radical (unpaired) electrons. The monoisotopic (exact) mass is 290 g/mol. The second-order valence-electron chi connectivity index (χ2n) is 5.65. The van der Waals surface area contributed by atoms with E-state index in [1.165, 1.54) is 0 Å². The lowest BCUT2D eigenvalue weighted by Gasteiger charge is -2.17. The fraction of sp³-hybridized carbons (Fsp3) is 0.400. The lowest BCUT2D eigenvalue weighted by atomic mass is 9.90. The van der Waals surface area contributed by atoms with Crippen molar-refractivity contribution in [1.29, 1.82) is 0 Å². The van der Waals surface area contributed by atoms with E-state index < -0.39 is 5.97 Å². The van der Waals surface area contributed by atoms with E-state index in [2.05, 4.69) is 25.8 Å². The van der Waals surface area contributed by atoms with Crippen molar-refractivity contribution in [2.45, 2.75) is 39.0 Å². The Kier molecular flexibility index (Phi) is 4.18. The average Bonchev–Trinajstić information content (AvgIpc) is 2.81. The molecule has 2 aromatic rings. The van der Waals surface area contributed by atoms with Crippen LogP contribution in [0.25, 0.3) is 10.7 Å². The Hall–Kier alpha value is -1.75. The number of aliphatic carboxylic acids is 1. The molecule has 5 heteroatoms. The smallest absolute Gasteiger partial charge is 0.303 e. The molecule has 0 atom stereocenters. The Balaban J connectivity index is 2.39. The molecule has 0 aliphatic carbocycles. The highest BCUT2D eigenvalue weighted by Gasteiger charge is 2.24. The molecule has 0 aliphatic rings. The van der Waals surface area contributed by atoms with Crippen LogP contribution in [0.1, 0.15) is 37.8 Å². The van der Waals surface area contributed by atoms with E-state index in [1.54, 1.807) is 17.5 Å². The Morgan fingerprint density at radius 3 is 2.65 bits per heavy atom. The van der Waals surface area contributed by atoms with E-state index in [0.29, 0.717) is 6.42 Å². The van der Waals surface area contributed by atoms with Crippen molar-refractivity contribution in [3.63, 3.8) is 0 Å². The van der Waals surface area contributed by atoms with Crippen molar-refractivity contribution in [3.8, 4) is 10.7 Å². The molecule has 2 heterocycles. The Morgan fingerprint density at radius 2 is 2.10 bits per heavy atom. The minimum atomic E-state index is -0.780. The zero-order valence-corrected chi connectivity index (χ0v) is 12.7.